The molecule has 0 spiro atoms. The highest BCUT2D eigenvalue weighted by Crippen LogP contribution is 2.37. The fourth-order valence-corrected chi connectivity index (χ4v) is 5.35. The maximum atomic E-state index is 13.2. The molecule has 174 valence electrons. The number of hydrogen-bond acceptors (Lipinski definition) is 5. The molecule has 1 N–H and O–H groups in total. The number of halogens is 4. The number of carbonyl (C=O) groups is 1. The molecule has 1 unspecified atom stereocenters. The Kier molecular flexibility index (Phi) is 6.91. The fraction of sp³-hybridized carbons (Fsp3) is 0.350. The van der Waals surface area contributed by atoms with Crippen LogP contribution >= 0.6 is 11.6 Å². The minimum atomic E-state index is -4.70. The van der Waals surface area contributed by atoms with E-state index in [1.165, 1.54) is 38.5 Å². The molecule has 2 aromatic carbocycles. The number of amides is 1. The maximum Gasteiger partial charge on any atom is 0.417 e. The Morgan fingerprint density at radius 2 is 1.81 bits per heavy atom. The molecule has 7 nitrogen and oxygen atoms in total. The van der Waals surface area contributed by atoms with E-state index in [9.17, 15) is 26.4 Å². The van der Waals surface area contributed by atoms with Gasteiger partial charge < -0.3 is 14.8 Å². The maximum absolute atomic E-state index is 13.2. The lowest BCUT2D eigenvalue weighted by atomic mass is 10.1. The summed E-state index contributed by atoms with van der Waals surface area (Å²) in [5, 5.41) is 1.86. The van der Waals surface area contributed by atoms with Crippen LogP contribution in [-0.4, -0.2) is 45.4 Å². The summed E-state index contributed by atoms with van der Waals surface area (Å²) in [5.41, 5.74) is -1.24. The van der Waals surface area contributed by atoms with Crippen molar-refractivity contribution in [1.29, 1.82) is 0 Å². The average molecular weight is 493 g/mol. The lowest BCUT2D eigenvalue weighted by Crippen LogP contribution is -2.43. The van der Waals surface area contributed by atoms with E-state index >= 15 is 0 Å². The second kappa shape index (κ2) is 9.16. The number of alkyl halides is 3. The molecule has 2 aromatic rings. The Bertz CT molecular complexity index is 1120. The van der Waals surface area contributed by atoms with Crippen molar-refractivity contribution in [3.8, 4) is 11.5 Å². The van der Waals surface area contributed by atoms with Crippen LogP contribution in [0.5, 0.6) is 11.5 Å². The molecule has 32 heavy (non-hydrogen) atoms. The van der Waals surface area contributed by atoms with E-state index in [1.54, 1.807) is 0 Å². The highest BCUT2D eigenvalue weighted by molar-refractivity contribution is 7.89. The summed E-state index contributed by atoms with van der Waals surface area (Å²) in [4.78, 5) is 12.7. The lowest BCUT2D eigenvalue weighted by molar-refractivity contribution is -0.137. The van der Waals surface area contributed by atoms with Gasteiger partial charge in [0.05, 0.1) is 29.7 Å². The van der Waals surface area contributed by atoms with Crippen molar-refractivity contribution in [2.75, 3.05) is 26.1 Å². The summed E-state index contributed by atoms with van der Waals surface area (Å²) < 4.78 is 76.9. The summed E-state index contributed by atoms with van der Waals surface area (Å²) in [7, 11) is -1.31. The van der Waals surface area contributed by atoms with E-state index in [4.69, 9.17) is 21.1 Å². The number of hydrogen-bond donors (Lipinski definition) is 1. The van der Waals surface area contributed by atoms with Gasteiger partial charge in [0.15, 0.2) is 11.5 Å². The van der Waals surface area contributed by atoms with Gasteiger partial charge in [0.2, 0.25) is 15.9 Å². The number of anilines is 1. The first-order chi connectivity index (χ1) is 15.0. The minimum absolute atomic E-state index is 0.0865. The molecular weight excluding hydrogens is 473 g/mol. The highest BCUT2D eigenvalue weighted by atomic mass is 35.5. The zero-order chi connectivity index (χ0) is 23.7. The molecule has 1 aliphatic heterocycles. The molecule has 3 rings (SSSR count). The summed E-state index contributed by atoms with van der Waals surface area (Å²) in [6.45, 7) is 0.0865. The zero-order valence-corrected chi connectivity index (χ0v) is 18.6. The number of benzene rings is 2. The third-order valence-corrected chi connectivity index (χ3v) is 7.24. The molecule has 0 saturated carbocycles. The van der Waals surface area contributed by atoms with E-state index in [-0.39, 0.29) is 29.3 Å². The van der Waals surface area contributed by atoms with Crippen molar-refractivity contribution < 1.29 is 35.9 Å². The first kappa shape index (κ1) is 24.1. The molecule has 1 fully saturated rings. The molecule has 1 heterocycles. The Morgan fingerprint density at radius 3 is 2.44 bits per heavy atom. The van der Waals surface area contributed by atoms with Crippen LogP contribution in [0.15, 0.2) is 41.3 Å². The summed E-state index contributed by atoms with van der Waals surface area (Å²) in [6, 6.07) is 5.92. The number of carbonyl (C=O) groups excluding carboxylic acids is 1. The Hall–Kier alpha value is -2.50. The van der Waals surface area contributed by atoms with E-state index < -0.39 is 38.7 Å². The van der Waals surface area contributed by atoms with Crippen LogP contribution in [0.4, 0.5) is 18.9 Å². The number of ether oxygens (including phenoxy) is 2. The van der Waals surface area contributed by atoms with E-state index in [0.29, 0.717) is 18.2 Å². The van der Waals surface area contributed by atoms with Crippen LogP contribution in [0.3, 0.4) is 0 Å². The fourth-order valence-electron chi connectivity index (χ4n) is 3.45. The zero-order valence-electron chi connectivity index (χ0n) is 17.1. The van der Waals surface area contributed by atoms with Gasteiger partial charge in [-0.3, -0.25) is 4.79 Å². The first-order valence-corrected chi connectivity index (χ1v) is 11.2. The van der Waals surface area contributed by atoms with Crippen LogP contribution in [0.25, 0.3) is 0 Å². The van der Waals surface area contributed by atoms with Crippen LogP contribution in [0, 0.1) is 0 Å². The Balaban J connectivity index is 1.86. The van der Waals surface area contributed by atoms with Gasteiger partial charge in [-0.25, -0.2) is 8.42 Å². The highest BCUT2D eigenvalue weighted by Gasteiger charge is 2.40. The molecule has 1 atom stereocenters. The Labute approximate surface area is 188 Å². The number of nitrogens with one attached hydrogen (secondary N) is 1. The van der Waals surface area contributed by atoms with Crippen molar-refractivity contribution in [3.05, 3.63) is 47.0 Å². The molecule has 0 aromatic heterocycles. The van der Waals surface area contributed by atoms with Crippen molar-refractivity contribution in [2.45, 2.75) is 30.0 Å². The molecule has 1 saturated heterocycles. The van der Waals surface area contributed by atoms with Gasteiger partial charge >= 0.3 is 6.18 Å². The normalized spacial score (nSPS) is 17.2. The quantitative estimate of drug-likeness (QED) is 0.654. The van der Waals surface area contributed by atoms with E-state index in [2.05, 4.69) is 5.32 Å². The summed E-state index contributed by atoms with van der Waals surface area (Å²) >= 11 is 5.60. The van der Waals surface area contributed by atoms with Crippen LogP contribution in [0.2, 0.25) is 5.02 Å². The third-order valence-electron chi connectivity index (χ3n) is 5.01. The topological polar surface area (TPSA) is 84.9 Å². The average Bonchev–Trinajstić information content (AvgIpc) is 3.24. The van der Waals surface area contributed by atoms with Gasteiger partial charge in [0.1, 0.15) is 6.04 Å². The molecule has 1 amide bonds. The summed E-state index contributed by atoms with van der Waals surface area (Å²) in [5.74, 6) is -0.193. The first-order valence-electron chi connectivity index (χ1n) is 9.40. The predicted molar refractivity (Wildman–Crippen MR) is 112 cm³/mol. The largest absolute Gasteiger partial charge is 0.493 e. The lowest BCUT2D eigenvalue weighted by Gasteiger charge is -2.24. The van der Waals surface area contributed by atoms with Crippen molar-refractivity contribution in [3.63, 3.8) is 0 Å². The molecule has 0 bridgehead atoms. The van der Waals surface area contributed by atoms with Crippen LogP contribution in [-0.2, 0) is 21.0 Å². The van der Waals surface area contributed by atoms with E-state index in [0.717, 1.165) is 10.4 Å². The smallest absolute Gasteiger partial charge is 0.417 e. The standard InChI is InChI=1S/C20H20ClF3N2O5S/c1-30-17-8-6-13(11-18(17)31-2)32(28,29)26-9-3-4-16(26)19(27)25-12-5-7-15(21)14(10-12)20(22,23)24/h5-8,10-11,16H,3-4,9H2,1-2H3,(H,25,27). The second-order valence-corrected chi connectivity index (χ2v) is 9.27. The van der Waals surface area contributed by atoms with Crippen molar-refractivity contribution in [1.82, 2.24) is 4.31 Å². The van der Waals surface area contributed by atoms with E-state index in [1.807, 2.05) is 0 Å². The van der Waals surface area contributed by atoms with Gasteiger partial charge in [-0.2, -0.15) is 17.5 Å². The van der Waals surface area contributed by atoms with Crippen LogP contribution < -0.4 is 14.8 Å². The van der Waals surface area contributed by atoms with Gasteiger partial charge in [0, 0.05) is 18.3 Å². The third kappa shape index (κ3) is 4.79. The molecule has 0 radical (unpaired) electrons. The van der Waals surface area contributed by atoms with Crippen molar-refractivity contribution in [2.24, 2.45) is 0 Å². The molecule has 1 aliphatic rings. The van der Waals surface area contributed by atoms with Crippen LogP contribution in [0.1, 0.15) is 18.4 Å². The summed E-state index contributed by atoms with van der Waals surface area (Å²) in [6.07, 6.45) is -4.06. The van der Waals surface area contributed by atoms with Gasteiger partial charge in [-0.05, 0) is 43.2 Å². The monoisotopic (exact) mass is 492 g/mol. The van der Waals surface area contributed by atoms with Gasteiger partial charge in [-0.1, -0.05) is 11.6 Å². The van der Waals surface area contributed by atoms with Gasteiger partial charge in [0.25, 0.3) is 0 Å². The number of rotatable bonds is 6. The van der Waals surface area contributed by atoms with Crippen molar-refractivity contribution >= 4 is 33.2 Å². The molecule has 0 aliphatic carbocycles. The molecular formula is C20H20ClF3N2O5S. The number of sulfonamides is 1. The van der Waals surface area contributed by atoms with Gasteiger partial charge in [-0.15, -0.1) is 0 Å². The number of nitrogens with zero attached hydrogens (tertiary/aromatic N) is 1. The SMILES string of the molecule is COc1ccc(S(=O)(=O)N2CCCC2C(=O)Nc2ccc(Cl)c(C(F)(F)F)c2)cc1OC. The molecule has 12 heteroatoms. The Morgan fingerprint density at radius 1 is 1.12 bits per heavy atom. The minimum Gasteiger partial charge on any atom is -0.493 e. The number of methoxy groups -OCH3 is 2. The predicted octanol–water partition coefficient (Wildman–Crippen LogP) is 4.17. The second-order valence-electron chi connectivity index (χ2n) is 6.97.